The molecule has 1 aliphatic heterocycles. The van der Waals surface area contributed by atoms with Crippen molar-refractivity contribution in [3.63, 3.8) is 0 Å². The predicted octanol–water partition coefficient (Wildman–Crippen LogP) is 7.43. The van der Waals surface area contributed by atoms with Crippen molar-refractivity contribution in [2.75, 3.05) is 5.32 Å². The van der Waals surface area contributed by atoms with Gasteiger partial charge in [-0.2, -0.15) is 0 Å². The van der Waals surface area contributed by atoms with Crippen LogP contribution in [0.15, 0.2) is 133 Å². The second-order valence-corrected chi connectivity index (χ2v) is 14.8. The van der Waals surface area contributed by atoms with E-state index in [4.69, 9.17) is 14.2 Å². The number of hydrogen-bond acceptors (Lipinski definition) is 8. The number of nitrogens with one attached hydrogen (secondary N) is 2. The van der Waals surface area contributed by atoms with Crippen LogP contribution in [0.25, 0.3) is 0 Å². The molecule has 0 fully saturated rings. The first-order valence-electron chi connectivity index (χ1n) is 18.7. The lowest BCUT2D eigenvalue weighted by Gasteiger charge is -2.37. The lowest BCUT2D eigenvalue weighted by Crippen LogP contribution is -2.57. The Kier molecular flexibility index (Phi) is 12.8. The molecule has 5 aromatic carbocycles. The number of benzene rings is 5. The van der Waals surface area contributed by atoms with Gasteiger partial charge in [-0.15, -0.1) is 0 Å². The summed E-state index contributed by atoms with van der Waals surface area (Å²) in [5.74, 6) is -2.61. The number of anilines is 1. The van der Waals surface area contributed by atoms with Crippen molar-refractivity contribution >= 4 is 35.5 Å². The van der Waals surface area contributed by atoms with Crippen molar-refractivity contribution in [3.8, 4) is 0 Å². The van der Waals surface area contributed by atoms with Gasteiger partial charge in [-0.3, -0.25) is 14.5 Å². The maximum Gasteiger partial charge on any atom is 0.411 e. The summed E-state index contributed by atoms with van der Waals surface area (Å²) in [4.78, 5) is 70.1. The van der Waals surface area contributed by atoms with Crippen LogP contribution in [0, 0.1) is 0 Å². The molecule has 1 unspecified atom stereocenters. The zero-order valence-electron chi connectivity index (χ0n) is 32.1. The number of carbonyl (C=O) groups is 5. The Morgan fingerprint density at radius 1 is 0.667 bits per heavy atom. The molecule has 0 saturated heterocycles. The smallest absolute Gasteiger partial charge is 0.411 e. The highest BCUT2D eigenvalue weighted by molar-refractivity contribution is 6.02. The third-order valence-corrected chi connectivity index (χ3v) is 9.19. The quantitative estimate of drug-likeness (QED) is 0.0988. The first-order chi connectivity index (χ1) is 27.4. The maximum atomic E-state index is 14.3. The molecule has 11 heteroatoms. The fourth-order valence-electron chi connectivity index (χ4n) is 6.37. The molecular formula is C46H45N3O8. The molecule has 2 N–H and O–H groups in total. The summed E-state index contributed by atoms with van der Waals surface area (Å²) in [7, 11) is 0. The van der Waals surface area contributed by atoms with Gasteiger partial charge in [0.15, 0.2) is 0 Å². The SMILES string of the molecule is CC(C)(C)OC(=O)N1Cc2ccccc2CC1C(=O)N[C@@H](Cc1ccccc1)C(=O)Nc1cc(C(=O)OCc2ccccc2)cc(C(=O)OCc2ccccc2)c1. The zero-order chi connectivity index (χ0) is 40.4. The number of carbonyl (C=O) groups excluding carboxylic acids is 5. The number of amides is 3. The van der Waals surface area contributed by atoms with Crippen LogP contribution in [0.5, 0.6) is 0 Å². The summed E-state index contributed by atoms with van der Waals surface area (Å²) in [5.41, 5.74) is 3.42. The van der Waals surface area contributed by atoms with Crippen LogP contribution in [-0.2, 0) is 56.4 Å². The molecular weight excluding hydrogens is 723 g/mol. The fraction of sp³-hybridized carbons (Fsp3) is 0.239. The fourth-order valence-corrected chi connectivity index (χ4v) is 6.37. The molecule has 0 radical (unpaired) electrons. The van der Waals surface area contributed by atoms with E-state index >= 15 is 0 Å². The minimum absolute atomic E-state index is 0.00732. The van der Waals surface area contributed by atoms with Gasteiger partial charge in [-0.25, -0.2) is 14.4 Å². The molecule has 1 heterocycles. The van der Waals surface area contributed by atoms with Gasteiger partial charge in [0.25, 0.3) is 0 Å². The van der Waals surface area contributed by atoms with Crippen molar-refractivity contribution in [2.45, 2.75) is 71.1 Å². The van der Waals surface area contributed by atoms with Gasteiger partial charge in [0.05, 0.1) is 17.7 Å². The van der Waals surface area contributed by atoms with E-state index < -0.39 is 47.5 Å². The second kappa shape index (κ2) is 18.3. The molecule has 0 saturated carbocycles. The van der Waals surface area contributed by atoms with Gasteiger partial charge in [0.1, 0.15) is 30.9 Å². The highest BCUT2D eigenvalue weighted by Crippen LogP contribution is 2.26. The molecule has 0 spiro atoms. The van der Waals surface area contributed by atoms with E-state index in [1.165, 1.54) is 23.1 Å². The van der Waals surface area contributed by atoms with Crippen molar-refractivity contribution in [1.82, 2.24) is 10.2 Å². The normalized spacial score (nSPS) is 14.0. The number of hydrogen-bond donors (Lipinski definition) is 2. The van der Waals surface area contributed by atoms with Crippen LogP contribution in [0.2, 0.25) is 0 Å². The van der Waals surface area contributed by atoms with Crippen LogP contribution >= 0.6 is 0 Å². The first kappa shape index (κ1) is 39.9. The minimum Gasteiger partial charge on any atom is -0.457 e. The standard InChI is InChI=1S/C46H45N3O8/c1-46(2,3)57-45(54)49-28-35-22-14-13-21-34(35)27-40(49)42(51)48-39(23-31-15-7-4-8-16-31)41(50)47-38-25-36(43(52)55-29-32-17-9-5-10-18-32)24-37(26-38)44(53)56-30-33-19-11-6-12-20-33/h4-22,24-26,39-40H,23,27-30H2,1-3H3,(H,47,50)(H,48,51)/t39-,40?/m0/s1. The van der Waals surface area contributed by atoms with Crippen molar-refractivity contribution in [3.05, 3.63) is 172 Å². The van der Waals surface area contributed by atoms with E-state index in [0.717, 1.165) is 27.8 Å². The topological polar surface area (TPSA) is 140 Å². The highest BCUT2D eigenvalue weighted by atomic mass is 16.6. The summed E-state index contributed by atoms with van der Waals surface area (Å²) in [6, 6.07) is 37.0. The molecule has 11 nitrogen and oxygen atoms in total. The number of rotatable bonds is 12. The van der Waals surface area contributed by atoms with Crippen LogP contribution < -0.4 is 10.6 Å². The summed E-state index contributed by atoms with van der Waals surface area (Å²) in [6.07, 6.45) is -0.342. The summed E-state index contributed by atoms with van der Waals surface area (Å²) in [6.45, 7) is 5.39. The Morgan fingerprint density at radius 3 is 1.68 bits per heavy atom. The summed E-state index contributed by atoms with van der Waals surface area (Å²) in [5, 5.41) is 5.72. The Bertz CT molecular complexity index is 2130. The Labute approximate surface area is 332 Å². The van der Waals surface area contributed by atoms with Gasteiger partial charge in [0.2, 0.25) is 11.8 Å². The van der Waals surface area contributed by atoms with Gasteiger partial charge >= 0.3 is 18.0 Å². The van der Waals surface area contributed by atoms with Crippen LogP contribution in [0.4, 0.5) is 10.5 Å². The summed E-state index contributed by atoms with van der Waals surface area (Å²) >= 11 is 0. The van der Waals surface area contributed by atoms with E-state index in [-0.39, 0.29) is 49.4 Å². The molecule has 292 valence electrons. The predicted molar refractivity (Wildman–Crippen MR) is 214 cm³/mol. The van der Waals surface area contributed by atoms with E-state index in [1.54, 1.807) is 20.8 Å². The van der Waals surface area contributed by atoms with Crippen LogP contribution in [0.3, 0.4) is 0 Å². The molecule has 57 heavy (non-hydrogen) atoms. The van der Waals surface area contributed by atoms with E-state index in [9.17, 15) is 24.0 Å². The molecule has 0 aromatic heterocycles. The van der Waals surface area contributed by atoms with E-state index in [2.05, 4.69) is 10.6 Å². The molecule has 5 aromatic rings. The van der Waals surface area contributed by atoms with E-state index in [1.807, 2.05) is 115 Å². The van der Waals surface area contributed by atoms with E-state index in [0.29, 0.717) is 0 Å². The third-order valence-electron chi connectivity index (χ3n) is 9.19. The molecule has 0 bridgehead atoms. The minimum atomic E-state index is -1.14. The average molecular weight is 768 g/mol. The Balaban J connectivity index is 1.27. The zero-order valence-corrected chi connectivity index (χ0v) is 32.1. The largest absolute Gasteiger partial charge is 0.457 e. The number of nitrogens with zero attached hydrogens (tertiary/aromatic N) is 1. The maximum absolute atomic E-state index is 14.3. The number of fused-ring (bicyclic) bond motifs is 1. The average Bonchev–Trinajstić information content (AvgIpc) is 3.21. The summed E-state index contributed by atoms with van der Waals surface area (Å²) < 4.78 is 16.8. The van der Waals surface area contributed by atoms with Gasteiger partial charge in [-0.05, 0) is 66.8 Å². The third kappa shape index (κ3) is 11.2. The van der Waals surface area contributed by atoms with Gasteiger partial charge in [-0.1, -0.05) is 115 Å². The lowest BCUT2D eigenvalue weighted by atomic mass is 9.93. The van der Waals surface area contributed by atoms with Crippen molar-refractivity contribution in [1.29, 1.82) is 0 Å². The van der Waals surface area contributed by atoms with Gasteiger partial charge in [0, 0.05) is 18.5 Å². The monoisotopic (exact) mass is 767 g/mol. The molecule has 6 rings (SSSR count). The van der Waals surface area contributed by atoms with Crippen LogP contribution in [-0.4, -0.2) is 52.4 Å². The van der Waals surface area contributed by atoms with Gasteiger partial charge < -0.3 is 24.8 Å². The van der Waals surface area contributed by atoms with Crippen molar-refractivity contribution < 1.29 is 38.2 Å². The van der Waals surface area contributed by atoms with Crippen molar-refractivity contribution in [2.24, 2.45) is 0 Å². The Hall–Kier alpha value is -6.75. The number of ether oxygens (including phenoxy) is 3. The second-order valence-electron chi connectivity index (χ2n) is 14.8. The van der Waals surface area contributed by atoms with Crippen LogP contribution in [0.1, 0.15) is 69.3 Å². The highest BCUT2D eigenvalue weighted by Gasteiger charge is 2.38. The molecule has 1 aliphatic rings. The lowest BCUT2D eigenvalue weighted by molar-refractivity contribution is -0.130. The number of esters is 2. The molecule has 0 aliphatic carbocycles. The Morgan fingerprint density at radius 2 is 1.16 bits per heavy atom. The first-order valence-corrected chi connectivity index (χ1v) is 18.7. The molecule has 2 atom stereocenters. The molecule has 3 amide bonds.